The predicted molar refractivity (Wildman–Crippen MR) is 98.6 cm³/mol. The molecule has 0 radical (unpaired) electrons. The zero-order chi connectivity index (χ0) is 18.4. The number of aryl methyl sites for hydroxylation is 1. The number of rotatable bonds is 6. The smallest absolute Gasteiger partial charge is 0.349 e. The molecule has 26 heavy (non-hydrogen) atoms. The minimum absolute atomic E-state index is 0.0704. The van der Waals surface area contributed by atoms with Crippen molar-refractivity contribution in [1.82, 2.24) is 0 Å². The molecule has 0 unspecified atom stereocenters. The fraction of sp³-hybridized carbons (Fsp3) is 0.0909. The van der Waals surface area contributed by atoms with Crippen molar-refractivity contribution >= 4 is 11.8 Å². The van der Waals surface area contributed by atoms with Crippen molar-refractivity contribution in [3.05, 3.63) is 95.6 Å². The highest BCUT2D eigenvalue weighted by Gasteiger charge is 2.13. The topological polar surface area (TPSA) is 52.6 Å². The predicted octanol–water partition coefficient (Wildman–Crippen LogP) is 4.21. The van der Waals surface area contributed by atoms with Gasteiger partial charge in [0.15, 0.2) is 12.4 Å². The van der Waals surface area contributed by atoms with Gasteiger partial charge in [0.25, 0.3) is 0 Å². The summed E-state index contributed by atoms with van der Waals surface area (Å²) in [5.41, 5.74) is 1.88. The molecule has 3 rings (SSSR count). The number of benzene rings is 3. The minimum atomic E-state index is -0.501. The highest BCUT2D eigenvalue weighted by Crippen LogP contribution is 2.21. The van der Waals surface area contributed by atoms with Gasteiger partial charge in [-0.1, -0.05) is 48.5 Å². The standard InChI is InChI=1S/C22H18O4/c1-16-14-18(22(24)17-8-4-2-5-9-17)12-13-20(16)26-21(23)15-25-19-10-6-3-7-11-19/h2-14H,15H2,1H3. The second-order valence-corrected chi connectivity index (χ2v) is 5.75. The molecule has 130 valence electrons. The molecule has 0 amide bonds. The Morgan fingerprint density at radius 3 is 2.12 bits per heavy atom. The van der Waals surface area contributed by atoms with E-state index in [-0.39, 0.29) is 12.4 Å². The van der Waals surface area contributed by atoms with Crippen LogP contribution < -0.4 is 9.47 Å². The van der Waals surface area contributed by atoms with Crippen LogP contribution in [0.4, 0.5) is 0 Å². The lowest BCUT2D eigenvalue weighted by molar-refractivity contribution is -0.136. The Morgan fingerprint density at radius 1 is 0.808 bits per heavy atom. The summed E-state index contributed by atoms with van der Waals surface area (Å²) in [5.74, 6) is 0.444. The zero-order valence-electron chi connectivity index (χ0n) is 14.3. The maximum atomic E-state index is 12.5. The minimum Gasteiger partial charge on any atom is -0.482 e. The Labute approximate surface area is 152 Å². The summed E-state index contributed by atoms with van der Waals surface area (Å²) in [5, 5.41) is 0. The van der Waals surface area contributed by atoms with Crippen molar-refractivity contribution in [2.24, 2.45) is 0 Å². The Morgan fingerprint density at radius 2 is 1.46 bits per heavy atom. The van der Waals surface area contributed by atoms with Gasteiger partial charge in [0.05, 0.1) is 0 Å². The maximum Gasteiger partial charge on any atom is 0.349 e. The van der Waals surface area contributed by atoms with Crippen LogP contribution in [-0.4, -0.2) is 18.4 Å². The van der Waals surface area contributed by atoms with E-state index in [1.165, 1.54) is 0 Å². The first-order valence-electron chi connectivity index (χ1n) is 8.22. The second-order valence-electron chi connectivity index (χ2n) is 5.75. The molecule has 0 aromatic heterocycles. The van der Waals surface area contributed by atoms with Crippen LogP contribution in [-0.2, 0) is 4.79 Å². The molecular weight excluding hydrogens is 328 g/mol. The van der Waals surface area contributed by atoms with Gasteiger partial charge in [-0.05, 0) is 42.8 Å². The van der Waals surface area contributed by atoms with Gasteiger partial charge >= 0.3 is 5.97 Å². The molecule has 3 aromatic rings. The second kappa shape index (κ2) is 8.12. The van der Waals surface area contributed by atoms with Crippen molar-refractivity contribution in [2.45, 2.75) is 6.92 Å². The fourth-order valence-corrected chi connectivity index (χ4v) is 2.47. The van der Waals surface area contributed by atoms with Gasteiger partial charge in [-0.15, -0.1) is 0 Å². The SMILES string of the molecule is Cc1cc(C(=O)c2ccccc2)ccc1OC(=O)COc1ccccc1. The van der Waals surface area contributed by atoms with Crippen molar-refractivity contribution in [3.63, 3.8) is 0 Å². The summed E-state index contributed by atoms with van der Waals surface area (Å²) in [7, 11) is 0. The quantitative estimate of drug-likeness (QED) is 0.381. The van der Waals surface area contributed by atoms with Crippen LogP contribution in [0.25, 0.3) is 0 Å². The molecule has 0 saturated heterocycles. The molecule has 0 saturated carbocycles. The molecule has 0 spiro atoms. The largest absolute Gasteiger partial charge is 0.482 e. The van der Waals surface area contributed by atoms with E-state index in [2.05, 4.69) is 0 Å². The van der Waals surface area contributed by atoms with Crippen LogP contribution >= 0.6 is 0 Å². The average molecular weight is 346 g/mol. The van der Waals surface area contributed by atoms with Crippen LogP contribution in [0.15, 0.2) is 78.9 Å². The van der Waals surface area contributed by atoms with Crippen LogP contribution in [0.2, 0.25) is 0 Å². The molecule has 0 bridgehead atoms. The molecule has 0 aliphatic carbocycles. The first-order chi connectivity index (χ1) is 12.6. The number of hydrogen-bond donors (Lipinski definition) is 0. The monoisotopic (exact) mass is 346 g/mol. The van der Waals surface area contributed by atoms with Crippen molar-refractivity contribution in [1.29, 1.82) is 0 Å². The third-order valence-electron chi connectivity index (χ3n) is 3.80. The summed E-state index contributed by atoms with van der Waals surface area (Å²) < 4.78 is 10.7. The molecule has 4 heteroatoms. The fourth-order valence-electron chi connectivity index (χ4n) is 2.47. The van der Waals surface area contributed by atoms with E-state index < -0.39 is 5.97 Å². The van der Waals surface area contributed by atoms with E-state index in [1.54, 1.807) is 49.4 Å². The van der Waals surface area contributed by atoms with Gasteiger partial charge in [0.2, 0.25) is 0 Å². The number of esters is 1. The van der Waals surface area contributed by atoms with Crippen molar-refractivity contribution < 1.29 is 19.1 Å². The van der Waals surface area contributed by atoms with Crippen LogP contribution in [0.1, 0.15) is 21.5 Å². The van der Waals surface area contributed by atoms with E-state index >= 15 is 0 Å². The summed E-state index contributed by atoms with van der Waals surface area (Å²) in [6, 6.07) is 23.1. The van der Waals surface area contributed by atoms with Gasteiger partial charge < -0.3 is 9.47 Å². The maximum absolute atomic E-state index is 12.5. The van der Waals surface area contributed by atoms with Crippen LogP contribution in [0, 0.1) is 6.92 Å². The van der Waals surface area contributed by atoms with Gasteiger partial charge in [-0.3, -0.25) is 4.79 Å². The number of carbonyl (C=O) groups excluding carboxylic acids is 2. The number of ketones is 1. The third kappa shape index (κ3) is 4.36. The Hall–Kier alpha value is -3.40. The Kier molecular flexibility index (Phi) is 5.44. The summed E-state index contributed by atoms with van der Waals surface area (Å²) in [6.45, 7) is 1.61. The van der Waals surface area contributed by atoms with E-state index in [4.69, 9.17) is 9.47 Å². The van der Waals surface area contributed by atoms with Crippen molar-refractivity contribution in [3.8, 4) is 11.5 Å². The number of carbonyl (C=O) groups is 2. The van der Waals surface area contributed by atoms with E-state index in [1.807, 2.05) is 36.4 Å². The Bertz CT molecular complexity index is 902. The first kappa shape index (κ1) is 17.4. The molecule has 0 N–H and O–H groups in total. The molecule has 0 aliphatic heterocycles. The number of ether oxygens (including phenoxy) is 2. The van der Waals surface area contributed by atoms with Crippen LogP contribution in [0.3, 0.4) is 0 Å². The lowest BCUT2D eigenvalue weighted by atomic mass is 10.0. The zero-order valence-corrected chi connectivity index (χ0v) is 14.3. The first-order valence-corrected chi connectivity index (χ1v) is 8.22. The number of hydrogen-bond acceptors (Lipinski definition) is 4. The molecule has 0 fully saturated rings. The summed E-state index contributed by atoms with van der Waals surface area (Å²) in [4.78, 5) is 24.4. The van der Waals surface area contributed by atoms with E-state index in [9.17, 15) is 9.59 Å². The van der Waals surface area contributed by atoms with Gasteiger partial charge in [-0.25, -0.2) is 4.79 Å². The third-order valence-corrected chi connectivity index (χ3v) is 3.80. The normalized spacial score (nSPS) is 10.2. The highest BCUT2D eigenvalue weighted by atomic mass is 16.6. The highest BCUT2D eigenvalue weighted by molar-refractivity contribution is 6.09. The molecule has 0 aliphatic rings. The van der Waals surface area contributed by atoms with Gasteiger partial charge in [0, 0.05) is 11.1 Å². The molecule has 3 aromatic carbocycles. The molecular formula is C22H18O4. The van der Waals surface area contributed by atoms with Gasteiger partial charge in [0.1, 0.15) is 11.5 Å². The lowest BCUT2D eigenvalue weighted by Gasteiger charge is -2.10. The average Bonchev–Trinajstić information content (AvgIpc) is 2.69. The van der Waals surface area contributed by atoms with Crippen molar-refractivity contribution in [2.75, 3.05) is 6.61 Å². The lowest BCUT2D eigenvalue weighted by Crippen LogP contribution is -2.18. The molecule has 4 nitrogen and oxygen atoms in total. The molecule has 0 atom stereocenters. The number of para-hydroxylation sites is 1. The summed E-state index contributed by atoms with van der Waals surface area (Å²) in [6.07, 6.45) is 0. The van der Waals surface area contributed by atoms with Gasteiger partial charge in [-0.2, -0.15) is 0 Å². The Balaban J connectivity index is 1.64. The van der Waals surface area contributed by atoms with Crippen LogP contribution in [0.5, 0.6) is 11.5 Å². The summed E-state index contributed by atoms with van der Waals surface area (Å²) >= 11 is 0. The van der Waals surface area contributed by atoms with E-state index in [0.29, 0.717) is 28.2 Å². The van der Waals surface area contributed by atoms with E-state index in [0.717, 1.165) is 0 Å². The molecule has 0 heterocycles.